The van der Waals surface area contributed by atoms with E-state index in [4.69, 9.17) is 0 Å². The van der Waals surface area contributed by atoms with Crippen molar-refractivity contribution in [3.05, 3.63) is 29.3 Å². The van der Waals surface area contributed by atoms with E-state index >= 15 is 0 Å². The zero-order valence-electron chi connectivity index (χ0n) is 9.49. The van der Waals surface area contributed by atoms with Gasteiger partial charge in [0.2, 0.25) is 0 Å². The van der Waals surface area contributed by atoms with Crippen molar-refractivity contribution in [3.63, 3.8) is 0 Å². The highest BCUT2D eigenvalue weighted by Crippen LogP contribution is 2.22. The molecule has 86 valence electrons. The van der Waals surface area contributed by atoms with Gasteiger partial charge in [-0.25, -0.2) is 0 Å². The fourth-order valence-corrected chi connectivity index (χ4v) is 2.13. The number of aromatic hydroxyl groups is 1. The van der Waals surface area contributed by atoms with Gasteiger partial charge >= 0.3 is 0 Å². The van der Waals surface area contributed by atoms with Crippen molar-refractivity contribution in [1.29, 1.82) is 0 Å². The number of nitrogens with one attached hydrogen (secondary N) is 1. The molecule has 1 saturated heterocycles. The summed E-state index contributed by atoms with van der Waals surface area (Å²) in [5.41, 5.74) is 1.49. The number of phenolic OH excluding ortho intramolecular Hbond substituents is 1. The van der Waals surface area contributed by atoms with Gasteiger partial charge in [-0.15, -0.1) is 0 Å². The number of benzene rings is 1. The summed E-state index contributed by atoms with van der Waals surface area (Å²) in [6.45, 7) is 3.66. The quantitative estimate of drug-likeness (QED) is 0.747. The van der Waals surface area contributed by atoms with Crippen LogP contribution in [0.3, 0.4) is 0 Å². The van der Waals surface area contributed by atoms with Crippen molar-refractivity contribution in [1.82, 2.24) is 5.32 Å². The number of hydrogen-bond donors (Lipinski definition) is 2. The van der Waals surface area contributed by atoms with E-state index < -0.39 is 0 Å². The minimum absolute atomic E-state index is 0.144. The maximum absolute atomic E-state index is 12.2. The molecule has 1 aromatic rings. The predicted molar refractivity (Wildman–Crippen MR) is 62.8 cm³/mol. The van der Waals surface area contributed by atoms with Gasteiger partial charge in [0, 0.05) is 11.5 Å². The van der Waals surface area contributed by atoms with Gasteiger partial charge in [-0.3, -0.25) is 4.79 Å². The van der Waals surface area contributed by atoms with Gasteiger partial charge in [0.25, 0.3) is 0 Å². The van der Waals surface area contributed by atoms with Gasteiger partial charge in [-0.2, -0.15) is 0 Å². The van der Waals surface area contributed by atoms with E-state index in [1.54, 1.807) is 18.2 Å². The van der Waals surface area contributed by atoms with Crippen LogP contribution in [0.2, 0.25) is 0 Å². The van der Waals surface area contributed by atoms with Crippen LogP contribution in [-0.2, 0) is 0 Å². The Labute approximate surface area is 95.5 Å². The Kier molecular flexibility index (Phi) is 3.25. The lowest BCUT2D eigenvalue weighted by molar-refractivity contribution is 0.0895. The van der Waals surface area contributed by atoms with Gasteiger partial charge in [0.15, 0.2) is 5.78 Å². The predicted octanol–water partition coefficient (Wildman–Crippen LogP) is 1.88. The summed E-state index contributed by atoms with van der Waals surface area (Å²) in [5.74, 6) is 0.608. The molecule has 1 aliphatic heterocycles. The molecular weight excluding hydrogens is 202 g/mol. The first-order valence-corrected chi connectivity index (χ1v) is 5.73. The smallest absolute Gasteiger partial charge is 0.166 e. The fourth-order valence-electron chi connectivity index (χ4n) is 2.13. The van der Waals surface area contributed by atoms with E-state index in [2.05, 4.69) is 5.32 Å². The molecule has 1 aromatic carbocycles. The fraction of sp³-hybridized carbons (Fsp3) is 0.462. The summed E-state index contributed by atoms with van der Waals surface area (Å²) in [7, 11) is 0. The maximum atomic E-state index is 12.2. The molecule has 3 heteroatoms. The Morgan fingerprint density at radius 2 is 2.06 bits per heavy atom. The van der Waals surface area contributed by atoms with Crippen molar-refractivity contribution >= 4 is 5.78 Å². The first-order chi connectivity index (χ1) is 7.68. The van der Waals surface area contributed by atoms with Crippen LogP contribution in [-0.4, -0.2) is 24.0 Å². The van der Waals surface area contributed by atoms with Gasteiger partial charge in [0.05, 0.1) is 0 Å². The summed E-state index contributed by atoms with van der Waals surface area (Å²) in [6.07, 6.45) is 1.83. The summed E-state index contributed by atoms with van der Waals surface area (Å²) in [5, 5.41) is 12.7. The molecule has 0 aromatic heterocycles. The van der Waals surface area contributed by atoms with E-state index in [0.29, 0.717) is 0 Å². The van der Waals surface area contributed by atoms with Crippen molar-refractivity contribution in [2.24, 2.45) is 5.92 Å². The average Bonchev–Trinajstić information content (AvgIpc) is 2.33. The highest BCUT2D eigenvalue weighted by Gasteiger charge is 2.22. The molecule has 16 heavy (non-hydrogen) atoms. The molecule has 0 radical (unpaired) electrons. The molecule has 3 nitrogen and oxygen atoms in total. The van der Waals surface area contributed by atoms with E-state index in [1.165, 1.54) is 0 Å². The van der Waals surface area contributed by atoms with Gasteiger partial charge < -0.3 is 10.4 Å². The molecule has 1 fully saturated rings. The topological polar surface area (TPSA) is 49.3 Å². The molecule has 2 rings (SSSR count). The number of carbonyl (C=O) groups is 1. The first-order valence-electron chi connectivity index (χ1n) is 5.73. The van der Waals surface area contributed by atoms with E-state index in [9.17, 15) is 9.90 Å². The van der Waals surface area contributed by atoms with Gasteiger partial charge in [-0.1, -0.05) is 0 Å². The van der Waals surface area contributed by atoms with Crippen molar-refractivity contribution in [2.45, 2.75) is 19.8 Å². The van der Waals surface area contributed by atoms with Crippen LogP contribution in [0, 0.1) is 12.8 Å². The summed E-state index contributed by atoms with van der Waals surface area (Å²) in [4.78, 5) is 12.2. The second kappa shape index (κ2) is 4.66. The SMILES string of the molecule is Cc1cc(C(=O)C2CCNCC2)ccc1O. The summed E-state index contributed by atoms with van der Waals surface area (Å²) < 4.78 is 0. The number of rotatable bonds is 2. The van der Waals surface area contributed by atoms with Crippen LogP contribution >= 0.6 is 0 Å². The molecule has 1 heterocycles. The lowest BCUT2D eigenvalue weighted by Gasteiger charge is -2.21. The van der Waals surface area contributed by atoms with Crippen LogP contribution in [0.5, 0.6) is 5.75 Å². The molecule has 1 aliphatic rings. The van der Waals surface area contributed by atoms with Crippen molar-refractivity contribution in [2.75, 3.05) is 13.1 Å². The Balaban J connectivity index is 2.16. The van der Waals surface area contributed by atoms with Crippen LogP contribution in [0.15, 0.2) is 18.2 Å². The van der Waals surface area contributed by atoms with Crippen molar-refractivity contribution < 1.29 is 9.90 Å². The maximum Gasteiger partial charge on any atom is 0.166 e. The number of hydrogen-bond acceptors (Lipinski definition) is 3. The number of Topliss-reactive ketones (excluding diaryl/α,β-unsaturated/α-hetero) is 1. The Morgan fingerprint density at radius 1 is 1.38 bits per heavy atom. The lowest BCUT2D eigenvalue weighted by atomic mass is 9.89. The zero-order chi connectivity index (χ0) is 11.5. The minimum Gasteiger partial charge on any atom is -0.508 e. The molecule has 2 N–H and O–H groups in total. The minimum atomic E-state index is 0.144. The number of ketones is 1. The van der Waals surface area contributed by atoms with E-state index in [-0.39, 0.29) is 17.5 Å². The van der Waals surface area contributed by atoms with Gasteiger partial charge in [-0.05, 0) is 56.6 Å². The molecule has 0 aliphatic carbocycles. The van der Waals surface area contributed by atoms with Crippen LogP contribution < -0.4 is 5.32 Å². The highest BCUT2D eigenvalue weighted by atomic mass is 16.3. The molecule has 0 bridgehead atoms. The number of aryl methyl sites for hydroxylation is 1. The molecule has 0 unspecified atom stereocenters. The van der Waals surface area contributed by atoms with E-state index in [0.717, 1.165) is 37.1 Å². The van der Waals surface area contributed by atoms with Gasteiger partial charge in [0.1, 0.15) is 5.75 Å². The third-order valence-electron chi connectivity index (χ3n) is 3.19. The third kappa shape index (κ3) is 2.25. The van der Waals surface area contributed by atoms with Crippen molar-refractivity contribution in [3.8, 4) is 5.75 Å². The molecule has 0 atom stereocenters. The van der Waals surface area contributed by atoms with E-state index in [1.807, 2.05) is 6.92 Å². The lowest BCUT2D eigenvalue weighted by Crippen LogP contribution is -2.31. The highest BCUT2D eigenvalue weighted by molar-refractivity contribution is 5.98. The number of carbonyl (C=O) groups excluding carboxylic acids is 1. The molecule has 0 spiro atoms. The first kappa shape index (κ1) is 11.1. The number of phenols is 1. The second-order valence-corrected chi connectivity index (χ2v) is 4.39. The zero-order valence-corrected chi connectivity index (χ0v) is 9.49. The largest absolute Gasteiger partial charge is 0.508 e. The monoisotopic (exact) mass is 219 g/mol. The second-order valence-electron chi connectivity index (χ2n) is 4.39. The standard InChI is InChI=1S/C13H17NO2/c1-9-8-11(2-3-12(9)15)13(16)10-4-6-14-7-5-10/h2-3,8,10,14-15H,4-7H2,1H3. The normalized spacial score (nSPS) is 17.3. The molecular formula is C13H17NO2. The Bertz CT molecular complexity index is 395. The summed E-state index contributed by atoms with van der Waals surface area (Å²) >= 11 is 0. The number of piperidine rings is 1. The van der Waals surface area contributed by atoms with Crippen LogP contribution in [0.1, 0.15) is 28.8 Å². The molecule has 0 amide bonds. The van der Waals surface area contributed by atoms with Crippen LogP contribution in [0.4, 0.5) is 0 Å². The van der Waals surface area contributed by atoms with Crippen LogP contribution in [0.25, 0.3) is 0 Å². The summed E-state index contributed by atoms with van der Waals surface area (Å²) in [6, 6.07) is 5.09. The molecule has 0 saturated carbocycles. The third-order valence-corrected chi connectivity index (χ3v) is 3.19. The Hall–Kier alpha value is -1.35. The Morgan fingerprint density at radius 3 is 2.69 bits per heavy atom. The average molecular weight is 219 g/mol.